The summed E-state index contributed by atoms with van der Waals surface area (Å²) in [7, 11) is 3.04. The van der Waals surface area contributed by atoms with Gasteiger partial charge in [0.25, 0.3) is 0 Å². The maximum absolute atomic E-state index is 12.8. The molecule has 1 fully saturated rings. The Labute approximate surface area is 168 Å². The Hall–Kier alpha value is -2.86. The van der Waals surface area contributed by atoms with E-state index in [1.807, 2.05) is 6.07 Å². The molecule has 7 heteroatoms. The van der Waals surface area contributed by atoms with Crippen LogP contribution in [0.3, 0.4) is 0 Å². The number of ether oxygens (including phenoxy) is 1. The summed E-state index contributed by atoms with van der Waals surface area (Å²) in [5.74, 6) is -1.02. The third-order valence-corrected chi connectivity index (χ3v) is 5.11. The third-order valence-electron chi connectivity index (χ3n) is 4.79. The lowest BCUT2D eigenvalue weighted by molar-refractivity contribution is -0.135. The largest absolute Gasteiger partial charge is 0.465 e. The average molecular weight is 401 g/mol. The summed E-state index contributed by atoms with van der Waals surface area (Å²) in [6.45, 7) is 0.699. The molecule has 0 bridgehead atoms. The minimum absolute atomic E-state index is 0.0973. The van der Waals surface area contributed by atoms with Gasteiger partial charge in [0, 0.05) is 26.6 Å². The summed E-state index contributed by atoms with van der Waals surface area (Å²) in [5.41, 5.74) is 1.97. The smallest absolute Gasteiger partial charge is 0.337 e. The van der Waals surface area contributed by atoms with Crippen LogP contribution in [0.4, 0.5) is 5.69 Å². The number of methoxy groups -OCH3 is 1. The van der Waals surface area contributed by atoms with Gasteiger partial charge in [-0.25, -0.2) is 4.79 Å². The first-order chi connectivity index (χ1) is 13.4. The molecular weight excluding hydrogens is 380 g/mol. The number of amides is 2. The molecular formula is C21H21ClN2O4. The normalized spacial score (nSPS) is 16.2. The fraction of sp³-hybridized carbons (Fsp3) is 0.286. The van der Waals surface area contributed by atoms with Crippen molar-refractivity contribution in [3.63, 3.8) is 0 Å². The average Bonchev–Trinajstić information content (AvgIpc) is 3.09. The molecule has 2 amide bonds. The first kappa shape index (κ1) is 19.9. The van der Waals surface area contributed by atoms with Crippen LogP contribution in [0.25, 0.3) is 0 Å². The summed E-state index contributed by atoms with van der Waals surface area (Å²) >= 11 is 6.19. The van der Waals surface area contributed by atoms with Gasteiger partial charge in [0.1, 0.15) is 0 Å². The summed E-state index contributed by atoms with van der Waals surface area (Å²) in [6.07, 6.45) is 0.162. The van der Waals surface area contributed by atoms with E-state index in [-0.39, 0.29) is 18.2 Å². The van der Waals surface area contributed by atoms with Gasteiger partial charge in [-0.3, -0.25) is 9.59 Å². The van der Waals surface area contributed by atoms with Gasteiger partial charge in [-0.05, 0) is 29.8 Å². The van der Waals surface area contributed by atoms with E-state index >= 15 is 0 Å². The zero-order valence-corrected chi connectivity index (χ0v) is 16.5. The zero-order chi connectivity index (χ0) is 20.3. The molecule has 1 saturated heterocycles. The molecule has 6 nitrogen and oxygen atoms in total. The van der Waals surface area contributed by atoms with Crippen molar-refractivity contribution in [2.75, 3.05) is 25.6 Å². The Morgan fingerprint density at radius 1 is 1.18 bits per heavy atom. The highest BCUT2D eigenvalue weighted by molar-refractivity contribution is 6.33. The fourth-order valence-corrected chi connectivity index (χ4v) is 3.54. The van der Waals surface area contributed by atoms with Gasteiger partial charge in [-0.2, -0.15) is 0 Å². The molecule has 2 aromatic rings. The molecule has 1 aliphatic heterocycles. The topological polar surface area (TPSA) is 66.9 Å². The van der Waals surface area contributed by atoms with Crippen molar-refractivity contribution in [3.05, 3.63) is 64.7 Å². The number of nitrogens with zero attached hydrogens (tertiary/aromatic N) is 2. The van der Waals surface area contributed by atoms with Gasteiger partial charge in [0.2, 0.25) is 11.8 Å². The molecule has 0 aliphatic carbocycles. The molecule has 0 saturated carbocycles. The lowest BCUT2D eigenvalue weighted by Gasteiger charge is -2.22. The zero-order valence-electron chi connectivity index (χ0n) is 15.7. The number of hydrogen-bond donors (Lipinski definition) is 0. The molecule has 0 N–H and O–H groups in total. The minimum atomic E-state index is -0.414. The lowest BCUT2D eigenvalue weighted by Crippen LogP contribution is -2.34. The van der Waals surface area contributed by atoms with Crippen molar-refractivity contribution in [1.82, 2.24) is 4.90 Å². The van der Waals surface area contributed by atoms with Gasteiger partial charge >= 0.3 is 5.97 Å². The second-order valence-corrected chi connectivity index (χ2v) is 7.15. The van der Waals surface area contributed by atoms with E-state index in [4.69, 9.17) is 11.6 Å². The second-order valence-electron chi connectivity index (χ2n) is 6.74. The molecule has 1 unspecified atom stereocenters. The molecule has 3 rings (SSSR count). The van der Waals surface area contributed by atoms with Crippen LogP contribution >= 0.6 is 11.6 Å². The Morgan fingerprint density at radius 3 is 2.50 bits per heavy atom. The summed E-state index contributed by atoms with van der Waals surface area (Å²) < 4.78 is 4.68. The molecule has 0 radical (unpaired) electrons. The summed E-state index contributed by atoms with van der Waals surface area (Å²) in [5, 5.41) is 0.489. The molecule has 1 aliphatic rings. The van der Waals surface area contributed by atoms with E-state index in [2.05, 4.69) is 4.74 Å². The molecule has 146 valence electrons. The van der Waals surface area contributed by atoms with Crippen LogP contribution in [0.1, 0.15) is 22.3 Å². The minimum Gasteiger partial charge on any atom is -0.465 e. The lowest BCUT2D eigenvalue weighted by atomic mass is 10.1. The quantitative estimate of drug-likeness (QED) is 0.723. The number of carbonyl (C=O) groups excluding carboxylic acids is 3. The molecule has 1 atom stereocenters. The van der Waals surface area contributed by atoms with Crippen LogP contribution in [-0.4, -0.2) is 43.4 Å². The number of carbonyl (C=O) groups is 3. The number of halogens is 1. The maximum Gasteiger partial charge on any atom is 0.337 e. The number of benzene rings is 2. The van der Waals surface area contributed by atoms with Gasteiger partial charge < -0.3 is 14.5 Å². The SMILES string of the molecule is COC(=O)c1ccc(CN(C)C(=O)C2CC(=O)N(c3ccccc3Cl)C2)cc1. The van der Waals surface area contributed by atoms with E-state index in [0.29, 0.717) is 29.4 Å². The predicted octanol–water partition coefficient (Wildman–Crippen LogP) is 3.14. The summed E-state index contributed by atoms with van der Waals surface area (Å²) in [4.78, 5) is 39.9. The van der Waals surface area contributed by atoms with Crippen LogP contribution in [0, 0.1) is 5.92 Å². The van der Waals surface area contributed by atoms with Crippen molar-refractivity contribution in [2.45, 2.75) is 13.0 Å². The predicted molar refractivity (Wildman–Crippen MR) is 106 cm³/mol. The van der Waals surface area contributed by atoms with Gasteiger partial charge in [0.05, 0.1) is 29.3 Å². The fourth-order valence-electron chi connectivity index (χ4n) is 3.30. The van der Waals surface area contributed by atoms with Crippen molar-refractivity contribution in [2.24, 2.45) is 5.92 Å². The molecule has 2 aromatic carbocycles. The van der Waals surface area contributed by atoms with Crippen molar-refractivity contribution >= 4 is 35.1 Å². The van der Waals surface area contributed by atoms with Crippen LogP contribution in [-0.2, 0) is 20.9 Å². The highest BCUT2D eigenvalue weighted by Gasteiger charge is 2.37. The van der Waals surface area contributed by atoms with E-state index in [1.54, 1.807) is 59.3 Å². The number of para-hydroxylation sites is 1. The van der Waals surface area contributed by atoms with Crippen LogP contribution < -0.4 is 4.90 Å². The number of esters is 1. The van der Waals surface area contributed by atoms with Crippen LogP contribution in [0.15, 0.2) is 48.5 Å². The van der Waals surface area contributed by atoms with Crippen molar-refractivity contribution < 1.29 is 19.1 Å². The maximum atomic E-state index is 12.8. The van der Waals surface area contributed by atoms with E-state index in [0.717, 1.165) is 5.56 Å². The molecule has 0 aromatic heterocycles. The highest BCUT2D eigenvalue weighted by atomic mass is 35.5. The number of anilines is 1. The van der Waals surface area contributed by atoms with Crippen molar-refractivity contribution in [3.8, 4) is 0 Å². The van der Waals surface area contributed by atoms with Gasteiger partial charge in [0.15, 0.2) is 0 Å². The third kappa shape index (κ3) is 4.17. The van der Waals surface area contributed by atoms with Crippen LogP contribution in [0.2, 0.25) is 5.02 Å². The Kier molecular flexibility index (Phi) is 5.99. The Bertz CT molecular complexity index is 898. The molecule has 1 heterocycles. The highest BCUT2D eigenvalue weighted by Crippen LogP contribution is 2.31. The first-order valence-electron chi connectivity index (χ1n) is 8.88. The van der Waals surface area contributed by atoms with E-state index in [9.17, 15) is 14.4 Å². The number of hydrogen-bond acceptors (Lipinski definition) is 4. The van der Waals surface area contributed by atoms with Crippen molar-refractivity contribution in [1.29, 1.82) is 0 Å². The van der Waals surface area contributed by atoms with Crippen LogP contribution in [0.5, 0.6) is 0 Å². The molecule has 0 spiro atoms. The first-order valence-corrected chi connectivity index (χ1v) is 9.25. The number of rotatable bonds is 5. The Morgan fingerprint density at radius 2 is 1.86 bits per heavy atom. The monoisotopic (exact) mass is 400 g/mol. The second kappa shape index (κ2) is 8.44. The van der Waals surface area contributed by atoms with E-state index < -0.39 is 11.9 Å². The molecule has 28 heavy (non-hydrogen) atoms. The standard InChI is InChI=1S/C21H21ClN2O4/c1-23(12-14-7-9-15(10-8-14)21(27)28-2)20(26)16-11-19(25)24(13-16)18-6-4-3-5-17(18)22/h3-10,16H,11-13H2,1-2H3. The van der Waals surface area contributed by atoms with Gasteiger partial charge in [-0.15, -0.1) is 0 Å². The Balaban J connectivity index is 1.64. The van der Waals surface area contributed by atoms with E-state index in [1.165, 1.54) is 7.11 Å². The summed E-state index contributed by atoms with van der Waals surface area (Å²) in [6, 6.07) is 14.0. The van der Waals surface area contributed by atoms with Gasteiger partial charge in [-0.1, -0.05) is 35.9 Å².